The van der Waals surface area contributed by atoms with Crippen LogP contribution in [0.4, 0.5) is 5.69 Å². The highest BCUT2D eigenvalue weighted by Crippen LogP contribution is 2.15. The third-order valence-electron chi connectivity index (χ3n) is 4.63. The third-order valence-corrected chi connectivity index (χ3v) is 5.13. The molecule has 0 spiro atoms. The molecule has 1 rings (SSSR count). The molecule has 3 nitrogen and oxygen atoms in total. The topological polar surface area (TPSA) is 46.2 Å². The van der Waals surface area contributed by atoms with E-state index in [1.165, 1.54) is 76.7 Å². The molecule has 1 N–H and O–H groups in total. The molecular formula is C22H34ClNO2. The van der Waals surface area contributed by atoms with Crippen molar-refractivity contribution in [2.75, 3.05) is 5.32 Å². The molecule has 1 aromatic carbocycles. The number of aryl methyl sites for hydroxylation is 1. The Bertz CT molecular complexity index is 527. The highest BCUT2D eigenvalue weighted by atomic mass is 35.5. The summed E-state index contributed by atoms with van der Waals surface area (Å²) in [4.78, 5) is 22.9. The Morgan fingerprint density at radius 3 is 1.88 bits per heavy atom. The van der Waals surface area contributed by atoms with Crippen LogP contribution in [0.25, 0.3) is 0 Å². The van der Waals surface area contributed by atoms with Gasteiger partial charge in [-0.3, -0.25) is 9.59 Å². The van der Waals surface area contributed by atoms with Crippen molar-refractivity contribution >= 4 is 29.0 Å². The summed E-state index contributed by atoms with van der Waals surface area (Å²) in [6.45, 7) is 3.57. The van der Waals surface area contributed by atoms with Crippen molar-refractivity contribution in [1.82, 2.24) is 0 Å². The zero-order valence-corrected chi connectivity index (χ0v) is 17.1. The predicted octanol–water partition coefficient (Wildman–Crippen LogP) is 6.28. The first-order valence-electron chi connectivity index (χ1n) is 10.1. The van der Waals surface area contributed by atoms with Crippen molar-refractivity contribution in [3.63, 3.8) is 0 Å². The van der Waals surface area contributed by atoms with Gasteiger partial charge in [0.2, 0.25) is 5.91 Å². The Morgan fingerprint density at radius 2 is 1.38 bits per heavy atom. The standard InChI is InChI=1S/C22H34ClNO2/c1-3-4-5-6-7-8-9-10-11-12-13-19-14-16-20(17-15-19)24-22(26)21(23)18(2)25/h14-17,21H,3-13H2,1-2H3,(H,24,26)/t21-/m1/s1. The van der Waals surface area contributed by atoms with Gasteiger partial charge in [-0.2, -0.15) is 0 Å². The molecule has 1 amide bonds. The summed E-state index contributed by atoms with van der Waals surface area (Å²) >= 11 is 5.74. The van der Waals surface area contributed by atoms with Crippen LogP contribution in [0.3, 0.4) is 0 Å². The maximum Gasteiger partial charge on any atom is 0.250 e. The van der Waals surface area contributed by atoms with Crippen LogP contribution in [0, 0.1) is 0 Å². The number of alkyl halides is 1. The minimum atomic E-state index is -1.12. The Morgan fingerprint density at radius 1 is 0.885 bits per heavy atom. The number of hydrogen-bond donors (Lipinski definition) is 1. The van der Waals surface area contributed by atoms with Crippen molar-refractivity contribution in [2.45, 2.75) is 89.9 Å². The van der Waals surface area contributed by atoms with Crippen LogP contribution < -0.4 is 5.32 Å². The molecule has 0 heterocycles. The van der Waals surface area contributed by atoms with Crippen LogP contribution in [-0.4, -0.2) is 17.1 Å². The van der Waals surface area contributed by atoms with Crippen LogP contribution in [0.5, 0.6) is 0 Å². The van der Waals surface area contributed by atoms with Gasteiger partial charge in [-0.15, -0.1) is 11.6 Å². The van der Waals surface area contributed by atoms with Gasteiger partial charge in [-0.25, -0.2) is 0 Å². The lowest BCUT2D eigenvalue weighted by molar-refractivity contribution is -0.123. The van der Waals surface area contributed by atoms with E-state index in [-0.39, 0.29) is 5.78 Å². The van der Waals surface area contributed by atoms with Crippen LogP contribution in [0.1, 0.15) is 83.6 Å². The van der Waals surface area contributed by atoms with Gasteiger partial charge in [0.1, 0.15) is 0 Å². The molecule has 4 heteroatoms. The number of rotatable bonds is 14. The fraction of sp³-hybridized carbons (Fsp3) is 0.636. The lowest BCUT2D eigenvalue weighted by Gasteiger charge is -2.09. The Hall–Kier alpha value is -1.35. The molecule has 26 heavy (non-hydrogen) atoms. The first-order valence-corrected chi connectivity index (χ1v) is 10.5. The van der Waals surface area contributed by atoms with E-state index in [1.807, 2.05) is 24.3 Å². The highest BCUT2D eigenvalue weighted by molar-refractivity contribution is 6.43. The Balaban J connectivity index is 2.13. The summed E-state index contributed by atoms with van der Waals surface area (Å²) in [5, 5.41) is 1.54. The summed E-state index contributed by atoms with van der Waals surface area (Å²) in [7, 11) is 0. The number of unbranched alkanes of at least 4 members (excludes halogenated alkanes) is 9. The first kappa shape index (κ1) is 22.7. The van der Waals surface area contributed by atoms with E-state index in [0.717, 1.165) is 6.42 Å². The predicted molar refractivity (Wildman–Crippen MR) is 111 cm³/mol. The molecule has 0 saturated carbocycles. The van der Waals surface area contributed by atoms with E-state index < -0.39 is 11.3 Å². The second-order valence-electron chi connectivity index (χ2n) is 7.09. The SMILES string of the molecule is CCCCCCCCCCCCc1ccc(NC(=O)[C@H](Cl)C(C)=O)cc1. The molecule has 0 saturated heterocycles. The second-order valence-corrected chi connectivity index (χ2v) is 7.53. The second kappa shape index (κ2) is 13.8. The molecule has 0 unspecified atom stereocenters. The summed E-state index contributed by atoms with van der Waals surface area (Å²) in [6.07, 6.45) is 14.5. The molecular weight excluding hydrogens is 346 g/mol. The number of anilines is 1. The lowest BCUT2D eigenvalue weighted by atomic mass is 10.0. The largest absolute Gasteiger partial charge is 0.324 e. The maximum atomic E-state index is 11.7. The Kier molecular flexibility index (Phi) is 12.0. The van der Waals surface area contributed by atoms with Crippen LogP contribution in [0.2, 0.25) is 0 Å². The number of carbonyl (C=O) groups excluding carboxylic acids is 2. The van der Waals surface area contributed by atoms with Gasteiger partial charge in [0.25, 0.3) is 0 Å². The van der Waals surface area contributed by atoms with E-state index in [9.17, 15) is 9.59 Å². The molecule has 0 fully saturated rings. The molecule has 0 aliphatic carbocycles. The summed E-state index contributed by atoms with van der Waals surface area (Å²) in [5.41, 5.74) is 1.95. The number of Topliss-reactive ketones (excluding diaryl/α,β-unsaturated/α-hetero) is 1. The van der Waals surface area contributed by atoms with Gasteiger partial charge < -0.3 is 5.32 Å². The summed E-state index contributed by atoms with van der Waals surface area (Å²) in [6, 6.07) is 7.79. The van der Waals surface area contributed by atoms with E-state index in [1.54, 1.807) is 0 Å². The zero-order chi connectivity index (χ0) is 19.2. The molecule has 0 radical (unpaired) electrons. The van der Waals surface area contributed by atoms with Gasteiger partial charge in [0, 0.05) is 5.69 Å². The van der Waals surface area contributed by atoms with Crippen LogP contribution >= 0.6 is 11.6 Å². The smallest absolute Gasteiger partial charge is 0.250 e. The van der Waals surface area contributed by atoms with Crippen molar-refractivity contribution in [1.29, 1.82) is 0 Å². The average Bonchev–Trinajstić information content (AvgIpc) is 2.63. The van der Waals surface area contributed by atoms with Crippen LogP contribution in [-0.2, 0) is 16.0 Å². The monoisotopic (exact) mass is 379 g/mol. The molecule has 1 aromatic rings. The molecule has 0 aliphatic heterocycles. The minimum Gasteiger partial charge on any atom is -0.324 e. The van der Waals surface area contributed by atoms with Crippen molar-refractivity contribution in [2.24, 2.45) is 0 Å². The molecule has 0 bridgehead atoms. The highest BCUT2D eigenvalue weighted by Gasteiger charge is 2.19. The number of benzene rings is 1. The van der Waals surface area contributed by atoms with Crippen LogP contribution in [0.15, 0.2) is 24.3 Å². The number of carbonyl (C=O) groups is 2. The lowest BCUT2D eigenvalue weighted by Crippen LogP contribution is -2.28. The van der Waals surface area contributed by atoms with E-state index >= 15 is 0 Å². The van der Waals surface area contributed by atoms with Crippen molar-refractivity contribution in [3.8, 4) is 0 Å². The molecule has 0 aromatic heterocycles. The average molecular weight is 380 g/mol. The van der Waals surface area contributed by atoms with E-state index in [0.29, 0.717) is 5.69 Å². The van der Waals surface area contributed by atoms with Gasteiger partial charge in [0.15, 0.2) is 11.2 Å². The number of amides is 1. The fourth-order valence-electron chi connectivity index (χ4n) is 2.96. The minimum absolute atomic E-state index is 0.346. The molecule has 1 atom stereocenters. The number of halogens is 1. The number of hydrogen-bond acceptors (Lipinski definition) is 2. The van der Waals surface area contributed by atoms with Gasteiger partial charge in [0.05, 0.1) is 0 Å². The number of ketones is 1. The zero-order valence-electron chi connectivity index (χ0n) is 16.4. The summed E-state index contributed by atoms with van der Waals surface area (Å²) < 4.78 is 0. The molecule has 146 valence electrons. The quantitative estimate of drug-likeness (QED) is 0.234. The number of nitrogens with one attached hydrogen (secondary N) is 1. The van der Waals surface area contributed by atoms with Crippen molar-refractivity contribution < 1.29 is 9.59 Å². The van der Waals surface area contributed by atoms with E-state index in [2.05, 4.69) is 12.2 Å². The van der Waals surface area contributed by atoms with E-state index in [4.69, 9.17) is 11.6 Å². The maximum absolute atomic E-state index is 11.7. The third kappa shape index (κ3) is 9.96. The van der Waals surface area contributed by atoms with Gasteiger partial charge in [-0.05, 0) is 37.5 Å². The first-order chi connectivity index (χ1) is 12.5. The normalized spacial score (nSPS) is 12.0. The van der Waals surface area contributed by atoms with Gasteiger partial charge in [-0.1, -0.05) is 76.8 Å². The Labute approximate surface area is 163 Å². The van der Waals surface area contributed by atoms with Gasteiger partial charge >= 0.3 is 0 Å². The fourth-order valence-corrected chi connectivity index (χ4v) is 3.02. The summed E-state index contributed by atoms with van der Waals surface area (Å²) in [5.74, 6) is -0.816. The van der Waals surface area contributed by atoms with Crippen molar-refractivity contribution in [3.05, 3.63) is 29.8 Å². The molecule has 0 aliphatic rings.